The first-order valence-electron chi connectivity index (χ1n) is 7.35. The Morgan fingerprint density at radius 3 is 2.85 bits per heavy atom. The number of ether oxygens (including phenoxy) is 1. The first-order valence-corrected chi connectivity index (χ1v) is 8.15. The number of nitrogens with one attached hydrogen (secondary N) is 1. The van der Waals surface area contributed by atoms with E-state index in [-0.39, 0.29) is 5.97 Å². The van der Waals surface area contributed by atoms with Gasteiger partial charge in [0.05, 0.1) is 6.61 Å². The minimum Gasteiger partial charge on any atom is -0.464 e. The fourth-order valence-electron chi connectivity index (χ4n) is 3.85. The summed E-state index contributed by atoms with van der Waals surface area (Å²) in [4.78, 5) is 12.6. The topological polar surface area (TPSA) is 38.3 Å². The second kappa shape index (κ2) is 5.40. The average molecular weight is 338 g/mol. The van der Waals surface area contributed by atoms with Gasteiger partial charge in [0.25, 0.3) is 0 Å². The molecule has 4 heteroatoms. The van der Waals surface area contributed by atoms with Crippen LogP contribution in [0.2, 0.25) is 0 Å². The lowest BCUT2D eigenvalue weighted by Gasteiger charge is -2.37. The highest BCUT2D eigenvalue weighted by Gasteiger charge is 2.56. The number of benzene rings is 1. The number of hydrogen-bond donors (Lipinski definition) is 1. The van der Waals surface area contributed by atoms with Crippen LogP contribution in [0.4, 0.5) is 5.69 Å². The zero-order valence-electron chi connectivity index (χ0n) is 11.7. The van der Waals surface area contributed by atoms with Gasteiger partial charge in [-0.2, -0.15) is 0 Å². The minimum atomic E-state index is -0.525. The fourth-order valence-corrected chi connectivity index (χ4v) is 4.23. The molecule has 2 fully saturated rings. The highest BCUT2D eigenvalue weighted by molar-refractivity contribution is 9.10. The van der Waals surface area contributed by atoms with E-state index < -0.39 is 5.54 Å². The molecule has 2 aliphatic carbocycles. The van der Waals surface area contributed by atoms with Gasteiger partial charge in [0.2, 0.25) is 0 Å². The highest BCUT2D eigenvalue weighted by atomic mass is 79.9. The van der Waals surface area contributed by atoms with Crippen LogP contribution in [-0.4, -0.2) is 18.1 Å². The Hall–Kier alpha value is -1.03. The number of carbonyl (C=O) groups excluding carboxylic acids is 1. The van der Waals surface area contributed by atoms with Gasteiger partial charge in [-0.25, -0.2) is 4.79 Å². The number of rotatable bonds is 4. The van der Waals surface area contributed by atoms with Crippen LogP contribution in [0.15, 0.2) is 28.7 Å². The predicted octanol–water partition coefficient (Wildman–Crippen LogP) is 3.98. The van der Waals surface area contributed by atoms with E-state index in [2.05, 4.69) is 21.2 Å². The van der Waals surface area contributed by atoms with Gasteiger partial charge in [-0.3, -0.25) is 0 Å². The second-order valence-electron chi connectivity index (χ2n) is 5.88. The molecule has 0 heterocycles. The molecular weight excluding hydrogens is 318 g/mol. The van der Waals surface area contributed by atoms with Crippen molar-refractivity contribution in [3.8, 4) is 0 Å². The number of esters is 1. The number of halogens is 1. The zero-order valence-corrected chi connectivity index (χ0v) is 13.3. The first kappa shape index (κ1) is 13.9. The van der Waals surface area contributed by atoms with Gasteiger partial charge in [-0.1, -0.05) is 12.1 Å². The molecule has 0 aliphatic heterocycles. The van der Waals surface area contributed by atoms with Crippen LogP contribution in [-0.2, 0) is 9.53 Å². The van der Waals surface area contributed by atoms with E-state index in [1.54, 1.807) is 0 Å². The van der Waals surface area contributed by atoms with Gasteiger partial charge >= 0.3 is 5.97 Å². The lowest BCUT2D eigenvalue weighted by molar-refractivity contribution is -0.150. The summed E-state index contributed by atoms with van der Waals surface area (Å²) in [5.41, 5.74) is 0.455. The third-order valence-electron chi connectivity index (χ3n) is 4.72. The van der Waals surface area contributed by atoms with Crippen molar-refractivity contribution < 1.29 is 9.53 Å². The monoisotopic (exact) mass is 337 g/mol. The number of hydrogen-bond acceptors (Lipinski definition) is 3. The summed E-state index contributed by atoms with van der Waals surface area (Å²) in [6.45, 7) is 2.31. The molecule has 0 amide bonds. The molecule has 108 valence electrons. The van der Waals surface area contributed by atoms with Gasteiger partial charge in [0.1, 0.15) is 5.54 Å². The molecule has 2 bridgehead atoms. The molecule has 0 radical (unpaired) electrons. The van der Waals surface area contributed by atoms with Crippen molar-refractivity contribution >= 4 is 27.6 Å². The lowest BCUT2D eigenvalue weighted by atomic mass is 9.80. The molecule has 0 saturated heterocycles. The van der Waals surface area contributed by atoms with Crippen LogP contribution < -0.4 is 5.32 Å². The maximum absolute atomic E-state index is 12.6. The van der Waals surface area contributed by atoms with E-state index in [1.807, 2.05) is 31.2 Å². The summed E-state index contributed by atoms with van der Waals surface area (Å²) >= 11 is 3.55. The molecule has 0 spiro atoms. The molecule has 1 aromatic carbocycles. The van der Waals surface area contributed by atoms with E-state index in [4.69, 9.17) is 4.74 Å². The van der Waals surface area contributed by atoms with Crippen LogP contribution in [0.25, 0.3) is 0 Å². The van der Waals surface area contributed by atoms with Crippen LogP contribution in [0.1, 0.15) is 32.6 Å². The fraction of sp³-hybridized carbons (Fsp3) is 0.562. The van der Waals surface area contributed by atoms with Gasteiger partial charge in [0.15, 0.2) is 0 Å². The summed E-state index contributed by atoms with van der Waals surface area (Å²) in [5, 5.41) is 3.52. The molecule has 0 aromatic heterocycles. The van der Waals surface area contributed by atoms with E-state index in [0.29, 0.717) is 18.4 Å². The van der Waals surface area contributed by atoms with Gasteiger partial charge in [-0.15, -0.1) is 0 Å². The summed E-state index contributed by atoms with van der Waals surface area (Å²) in [7, 11) is 0. The second-order valence-corrected chi connectivity index (χ2v) is 6.73. The Morgan fingerprint density at radius 1 is 1.45 bits per heavy atom. The number of para-hydroxylation sites is 1. The maximum Gasteiger partial charge on any atom is 0.332 e. The molecule has 1 N–H and O–H groups in total. The van der Waals surface area contributed by atoms with E-state index in [0.717, 1.165) is 29.4 Å². The Morgan fingerprint density at radius 2 is 2.25 bits per heavy atom. The Kier molecular flexibility index (Phi) is 3.76. The molecular formula is C16H20BrNO2. The minimum absolute atomic E-state index is 0.0806. The summed E-state index contributed by atoms with van der Waals surface area (Å²) in [6, 6.07) is 7.97. The van der Waals surface area contributed by atoms with Crippen molar-refractivity contribution in [1.29, 1.82) is 0 Å². The van der Waals surface area contributed by atoms with Crippen molar-refractivity contribution in [2.24, 2.45) is 11.8 Å². The smallest absolute Gasteiger partial charge is 0.332 e. The molecule has 20 heavy (non-hydrogen) atoms. The number of anilines is 1. The molecule has 1 aromatic rings. The maximum atomic E-state index is 12.6. The van der Waals surface area contributed by atoms with Crippen LogP contribution in [0.5, 0.6) is 0 Å². The molecule has 2 aliphatic rings. The van der Waals surface area contributed by atoms with Crippen LogP contribution in [0.3, 0.4) is 0 Å². The predicted molar refractivity (Wildman–Crippen MR) is 82.6 cm³/mol. The molecule has 3 unspecified atom stereocenters. The largest absolute Gasteiger partial charge is 0.464 e. The Balaban J connectivity index is 1.91. The quantitative estimate of drug-likeness (QED) is 0.844. The van der Waals surface area contributed by atoms with E-state index in [9.17, 15) is 4.79 Å². The van der Waals surface area contributed by atoms with Crippen LogP contribution in [0, 0.1) is 11.8 Å². The van der Waals surface area contributed by atoms with Crippen molar-refractivity contribution in [3.63, 3.8) is 0 Å². The van der Waals surface area contributed by atoms with E-state index in [1.165, 1.54) is 6.42 Å². The van der Waals surface area contributed by atoms with Gasteiger partial charge in [0, 0.05) is 10.2 Å². The first-order chi connectivity index (χ1) is 9.65. The van der Waals surface area contributed by atoms with Crippen molar-refractivity contribution in [1.82, 2.24) is 0 Å². The standard InChI is InChI=1S/C16H20BrNO2/c1-2-20-15(19)16(10-11-7-8-12(16)9-11)18-14-6-4-3-5-13(14)17/h3-6,11-12,18H,2,7-10H2,1H3. The third kappa shape index (κ3) is 2.24. The molecule has 3 nitrogen and oxygen atoms in total. The SMILES string of the molecule is CCOC(=O)C1(Nc2ccccc2Br)CC2CCC1C2. The average Bonchev–Trinajstić information content (AvgIpc) is 3.03. The summed E-state index contributed by atoms with van der Waals surface area (Å²) in [5.74, 6) is 0.987. The third-order valence-corrected chi connectivity index (χ3v) is 5.41. The van der Waals surface area contributed by atoms with Gasteiger partial charge < -0.3 is 10.1 Å². The summed E-state index contributed by atoms with van der Waals surface area (Å²) < 4.78 is 6.37. The highest BCUT2D eigenvalue weighted by Crippen LogP contribution is 2.53. The Bertz CT molecular complexity index is 519. The number of fused-ring (bicyclic) bond motifs is 2. The van der Waals surface area contributed by atoms with Crippen molar-refractivity contribution in [2.75, 3.05) is 11.9 Å². The summed E-state index contributed by atoms with van der Waals surface area (Å²) in [6.07, 6.45) is 4.43. The van der Waals surface area contributed by atoms with Crippen LogP contribution >= 0.6 is 15.9 Å². The molecule has 3 rings (SSSR count). The zero-order chi connectivity index (χ0) is 14.2. The van der Waals surface area contributed by atoms with Crippen molar-refractivity contribution in [2.45, 2.75) is 38.1 Å². The van der Waals surface area contributed by atoms with E-state index >= 15 is 0 Å². The normalized spacial score (nSPS) is 31.3. The van der Waals surface area contributed by atoms with Crippen molar-refractivity contribution in [3.05, 3.63) is 28.7 Å². The molecule has 2 saturated carbocycles. The molecule has 3 atom stereocenters. The lowest BCUT2D eigenvalue weighted by Crippen LogP contribution is -2.51. The van der Waals surface area contributed by atoms with Gasteiger partial charge in [-0.05, 0) is 72.5 Å². The number of carbonyl (C=O) groups is 1. The Labute approximate surface area is 128 Å².